The molecule has 2 fully saturated rings. The van der Waals surface area contributed by atoms with Gasteiger partial charge in [-0.15, -0.1) is 32.9 Å². The molecule has 7 rings (SSSR count). The van der Waals surface area contributed by atoms with E-state index in [2.05, 4.69) is 36.8 Å². The van der Waals surface area contributed by atoms with E-state index in [0.29, 0.717) is 23.7 Å². The first kappa shape index (κ1) is 37.6. The SMILES string of the molecule is Cc1ncsc1-c1ccc(CNC(=O)[C@@H]2C[C@@H](O)CN2C(=O)[C@@H](NC(=O)CCN2CC(c3cc4cc(-c5ccccc5O)nnc4s3)C2)C(C)(C)C)cc1. The van der Waals surface area contributed by atoms with Gasteiger partial charge in [0.05, 0.1) is 27.9 Å². The first-order valence-corrected chi connectivity index (χ1v) is 19.9. The standard InChI is InChI=1S/C40H45N7O5S2/c1-23-35(53-22-42-23)25-11-9-24(10-12-25)18-41-37(51)31-17-28(48)21-47(31)39(52)36(40(2,3)4)43-34(50)13-14-46-19-27(20-46)33-16-26-15-30(44-45-38(26)54-33)29-7-5-6-8-32(29)49/h5-12,15-16,22,27-28,31,36,48-49H,13-14,17-21H2,1-4H3,(H,41,51)(H,43,50)/t28-,31+,36-/m1/s1. The zero-order valence-electron chi connectivity index (χ0n) is 30.8. The monoisotopic (exact) mass is 767 g/mol. The van der Waals surface area contributed by atoms with Gasteiger partial charge in [0, 0.05) is 67.3 Å². The highest BCUT2D eigenvalue weighted by Crippen LogP contribution is 2.37. The third-order valence-electron chi connectivity index (χ3n) is 10.2. The van der Waals surface area contributed by atoms with Crippen molar-refractivity contribution in [3.8, 4) is 27.4 Å². The second-order valence-electron chi connectivity index (χ2n) is 15.3. The Hall–Kier alpha value is -4.76. The Bertz CT molecular complexity index is 2160. The lowest BCUT2D eigenvalue weighted by molar-refractivity contribution is -0.144. The van der Waals surface area contributed by atoms with E-state index in [1.54, 1.807) is 34.8 Å². The molecule has 2 aromatic carbocycles. The average molecular weight is 768 g/mol. The number of amides is 3. The Morgan fingerprint density at radius 3 is 2.48 bits per heavy atom. The van der Waals surface area contributed by atoms with Gasteiger partial charge in [-0.2, -0.15) is 0 Å². The predicted octanol–water partition coefficient (Wildman–Crippen LogP) is 5.09. The summed E-state index contributed by atoms with van der Waals surface area (Å²) in [7, 11) is 0. The van der Waals surface area contributed by atoms with Crippen molar-refractivity contribution in [3.63, 3.8) is 0 Å². The van der Waals surface area contributed by atoms with Crippen LogP contribution in [-0.2, 0) is 20.9 Å². The Kier molecular flexibility index (Phi) is 10.8. The highest BCUT2D eigenvalue weighted by atomic mass is 32.1. The van der Waals surface area contributed by atoms with E-state index in [-0.39, 0.29) is 49.4 Å². The third kappa shape index (κ3) is 8.16. The molecule has 0 bridgehead atoms. The highest BCUT2D eigenvalue weighted by molar-refractivity contribution is 7.18. The van der Waals surface area contributed by atoms with Crippen molar-refractivity contribution < 1.29 is 24.6 Å². The summed E-state index contributed by atoms with van der Waals surface area (Å²) in [4.78, 5) is 51.9. The van der Waals surface area contributed by atoms with Crippen molar-refractivity contribution in [2.75, 3.05) is 26.2 Å². The molecule has 54 heavy (non-hydrogen) atoms. The number of aliphatic hydroxyl groups excluding tert-OH is 1. The van der Waals surface area contributed by atoms with E-state index < -0.39 is 23.6 Å². The van der Waals surface area contributed by atoms with Crippen LogP contribution in [0.25, 0.3) is 31.9 Å². The third-order valence-corrected chi connectivity index (χ3v) is 12.4. The number of aromatic hydroxyl groups is 1. The number of aromatic nitrogens is 3. The maximum absolute atomic E-state index is 14.0. The first-order chi connectivity index (χ1) is 25.8. The maximum atomic E-state index is 14.0. The van der Waals surface area contributed by atoms with Crippen LogP contribution in [0.4, 0.5) is 0 Å². The Balaban J connectivity index is 0.911. The lowest BCUT2D eigenvalue weighted by Crippen LogP contribution is -2.58. The summed E-state index contributed by atoms with van der Waals surface area (Å²) in [6, 6.07) is 17.4. The van der Waals surface area contributed by atoms with Gasteiger partial charge >= 0.3 is 0 Å². The fourth-order valence-corrected chi connectivity index (χ4v) is 8.95. The minimum atomic E-state index is -0.875. The second kappa shape index (κ2) is 15.5. The summed E-state index contributed by atoms with van der Waals surface area (Å²) in [5, 5.41) is 36.4. The molecular formula is C40H45N7O5S2. The van der Waals surface area contributed by atoms with Crippen LogP contribution in [0.2, 0.25) is 0 Å². The number of thiophene rings is 1. The van der Waals surface area contributed by atoms with E-state index in [1.165, 1.54) is 9.78 Å². The van der Waals surface area contributed by atoms with Gasteiger partial charge in [-0.1, -0.05) is 57.2 Å². The normalized spacial score (nSPS) is 18.4. The van der Waals surface area contributed by atoms with Gasteiger partial charge in [0.15, 0.2) is 0 Å². The molecule has 0 saturated carbocycles. The number of β-amino-alcohol motifs (C(OH)–C–C–N with tert-alkyl or cyclic N) is 1. The maximum Gasteiger partial charge on any atom is 0.246 e. The summed E-state index contributed by atoms with van der Waals surface area (Å²) in [6.07, 6.45) is -0.483. The molecule has 3 atom stereocenters. The van der Waals surface area contributed by atoms with E-state index in [1.807, 2.05) is 75.7 Å². The number of aliphatic hydroxyl groups is 1. The number of carbonyl (C=O) groups is 3. The van der Waals surface area contributed by atoms with Crippen molar-refractivity contribution in [2.45, 2.75) is 71.2 Å². The van der Waals surface area contributed by atoms with E-state index in [0.717, 1.165) is 45.0 Å². The van der Waals surface area contributed by atoms with Gasteiger partial charge in [-0.25, -0.2) is 4.98 Å². The minimum Gasteiger partial charge on any atom is -0.507 e. The minimum absolute atomic E-state index is 0.0246. The number of likely N-dealkylation sites (tertiary alicyclic amines) is 2. The van der Waals surface area contributed by atoms with Crippen LogP contribution in [-0.4, -0.2) is 97.3 Å². The number of phenols is 1. The predicted molar refractivity (Wildman–Crippen MR) is 210 cm³/mol. The number of thiazole rings is 1. The molecule has 4 N–H and O–H groups in total. The van der Waals surface area contributed by atoms with Gasteiger partial charge < -0.3 is 30.6 Å². The van der Waals surface area contributed by atoms with Gasteiger partial charge in [0.1, 0.15) is 22.7 Å². The smallest absolute Gasteiger partial charge is 0.246 e. The number of rotatable bonds is 11. The molecule has 12 nitrogen and oxygen atoms in total. The summed E-state index contributed by atoms with van der Waals surface area (Å²) < 4.78 is 0. The highest BCUT2D eigenvalue weighted by Gasteiger charge is 2.44. The number of para-hydroxylation sites is 1. The quantitative estimate of drug-likeness (QED) is 0.144. The van der Waals surface area contributed by atoms with E-state index in [9.17, 15) is 24.6 Å². The van der Waals surface area contributed by atoms with E-state index in [4.69, 9.17) is 0 Å². The number of hydrogen-bond donors (Lipinski definition) is 4. The summed E-state index contributed by atoms with van der Waals surface area (Å²) in [5.41, 5.74) is 5.40. The van der Waals surface area contributed by atoms with Crippen molar-refractivity contribution >= 4 is 50.6 Å². The zero-order valence-corrected chi connectivity index (χ0v) is 32.4. The largest absolute Gasteiger partial charge is 0.507 e. The fourth-order valence-electron chi connectivity index (χ4n) is 7.10. The van der Waals surface area contributed by atoms with Crippen LogP contribution in [0.5, 0.6) is 5.75 Å². The molecule has 0 spiro atoms. The van der Waals surface area contributed by atoms with Crippen LogP contribution in [0.3, 0.4) is 0 Å². The molecule has 5 heterocycles. The molecule has 14 heteroatoms. The van der Waals surface area contributed by atoms with Crippen molar-refractivity contribution in [3.05, 3.63) is 82.3 Å². The van der Waals surface area contributed by atoms with Gasteiger partial charge in [-0.05, 0) is 47.7 Å². The molecule has 0 radical (unpaired) electrons. The molecule has 282 valence electrons. The second-order valence-corrected chi connectivity index (χ2v) is 17.2. The Labute approximate surface area is 322 Å². The number of nitrogens with one attached hydrogen (secondary N) is 2. The number of aryl methyl sites for hydroxylation is 1. The van der Waals surface area contributed by atoms with Gasteiger partial charge in [0.25, 0.3) is 0 Å². The summed E-state index contributed by atoms with van der Waals surface area (Å²) in [5.74, 6) is -0.466. The van der Waals surface area contributed by atoms with Crippen molar-refractivity contribution in [2.24, 2.45) is 5.41 Å². The van der Waals surface area contributed by atoms with Crippen LogP contribution in [0.1, 0.15) is 55.7 Å². The topological polar surface area (TPSA) is 161 Å². The number of carbonyl (C=O) groups excluding carboxylic acids is 3. The lowest BCUT2D eigenvalue weighted by Gasteiger charge is -2.39. The molecular weight excluding hydrogens is 723 g/mol. The van der Waals surface area contributed by atoms with Gasteiger partial charge in [0.2, 0.25) is 17.7 Å². The Morgan fingerprint density at radius 1 is 1.02 bits per heavy atom. The summed E-state index contributed by atoms with van der Waals surface area (Å²) in [6.45, 7) is 10.1. The van der Waals surface area contributed by atoms with Crippen LogP contribution in [0.15, 0.2) is 66.2 Å². The van der Waals surface area contributed by atoms with Gasteiger partial charge in [-0.3, -0.25) is 14.4 Å². The van der Waals surface area contributed by atoms with E-state index >= 15 is 0 Å². The molecule has 2 aliphatic heterocycles. The molecule has 2 saturated heterocycles. The molecule has 5 aromatic rings. The number of fused-ring (bicyclic) bond motifs is 1. The zero-order chi connectivity index (χ0) is 38.1. The first-order valence-electron chi connectivity index (χ1n) is 18.2. The average Bonchev–Trinajstić information content (AvgIpc) is 3.86. The lowest BCUT2D eigenvalue weighted by atomic mass is 9.85. The molecule has 3 aromatic heterocycles. The number of nitrogens with zero attached hydrogens (tertiary/aromatic N) is 5. The van der Waals surface area contributed by atoms with Crippen LogP contribution < -0.4 is 10.6 Å². The van der Waals surface area contributed by atoms with Crippen LogP contribution >= 0.6 is 22.7 Å². The van der Waals surface area contributed by atoms with Crippen molar-refractivity contribution in [1.82, 2.24) is 35.6 Å². The number of benzene rings is 2. The number of phenolic OH excluding ortho intramolecular Hbond substituents is 1. The molecule has 2 aliphatic rings. The van der Waals surface area contributed by atoms with Crippen LogP contribution in [0, 0.1) is 12.3 Å². The molecule has 3 amide bonds. The summed E-state index contributed by atoms with van der Waals surface area (Å²) >= 11 is 3.20. The number of hydrogen-bond acceptors (Lipinski definition) is 11. The van der Waals surface area contributed by atoms with Crippen molar-refractivity contribution in [1.29, 1.82) is 0 Å². The fraction of sp³-hybridized carbons (Fsp3) is 0.400. The molecule has 0 unspecified atom stereocenters. The molecule has 0 aliphatic carbocycles. The Morgan fingerprint density at radius 2 is 1.78 bits per heavy atom.